The van der Waals surface area contributed by atoms with Crippen LogP contribution < -0.4 is 10.2 Å². The van der Waals surface area contributed by atoms with Crippen LogP contribution in [0.3, 0.4) is 0 Å². The fraction of sp³-hybridized carbons (Fsp3) is 0.714. The maximum Gasteiger partial charge on any atom is 0.137 e. The Morgan fingerprint density at radius 1 is 1.32 bits per heavy atom. The molecule has 1 aromatic rings. The van der Waals surface area contributed by atoms with Crippen molar-refractivity contribution in [3.05, 3.63) is 11.4 Å². The fourth-order valence-corrected chi connectivity index (χ4v) is 2.31. The van der Waals surface area contributed by atoms with E-state index in [1.54, 1.807) is 0 Å². The zero-order valence-corrected chi connectivity index (χ0v) is 12.1. The Balaban J connectivity index is 2.37. The highest BCUT2D eigenvalue weighted by molar-refractivity contribution is 5.58. The lowest BCUT2D eigenvalue weighted by atomic mass is 10.2. The Morgan fingerprint density at radius 3 is 2.58 bits per heavy atom. The molecule has 106 valence electrons. The molecule has 0 atom stereocenters. The van der Waals surface area contributed by atoms with E-state index >= 15 is 0 Å². The average Bonchev–Trinajstić information content (AvgIpc) is 3.23. The van der Waals surface area contributed by atoms with Gasteiger partial charge in [0.05, 0.1) is 6.61 Å². The largest absolute Gasteiger partial charge is 0.395 e. The number of hydrogen-bond donors (Lipinski definition) is 2. The molecule has 0 amide bonds. The van der Waals surface area contributed by atoms with Crippen molar-refractivity contribution in [3.63, 3.8) is 0 Å². The smallest absolute Gasteiger partial charge is 0.137 e. The number of aliphatic hydroxyl groups is 1. The molecule has 2 N–H and O–H groups in total. The Morgan fingerprint density at radius 2 is 2.05 bits per heavy atom. The number of aliphatic hydroxyl groups excluding tert-OH is 1. The van der Waals surface area contributed by atoms with Gasteiger partial charge >= 0.3 is 0 Å². The molecule has 1 saturated carbocycles. The lowest BCUT2D eigenvalue weighted by molar-refractivity contribution is 0.301. The molecule has 2 rings (SSSR count). The summed E-state index contributed by atoms with van der Waals surface area (Å²) in [6.45, 7) is 5.86. The molecule has 0 aliphatic heterocycles. The summed E-state index contributed by atoms with van der Waals surface area (Å²) in [5, 5.41) is 12.4. The van der Waals surface area contributed by atoms with Gasteiger partial charge in [0.2, 0.25) is 0 Å². The van der Waals surface area contributed by atoms with E-state index in [1.807, 2.05) is 14.0 Å². The van der Waals surface area contributed by atoms with Gasteiger partial charge < -0.3 is 15.3 Å². The third-order valence-electron chi connectivity index (χ3n) is 3.48. The Kier molecular flexibility index (Phi) is 4.58. The van der Waals surface area contributed by atoms with Crippen molar-refractivity contribution in [1.82, 2.24) is 9.97 Å². The number of nitrogens with one attached hydrogen (secondary N) is 1. The monoisotopic (exact) mass is 264 g/mol. The second kappa shape index (κ2) is 6.19. The molecule has 0 bridgehead atoms. The minimum absolute atomic E-state index is 0.150. The van der Waals surface area contributed by atoms with E-state index in [2.05, 4.69) is 22.1 Å². The third kappa shape index (κ3) is 3.15. The van der Waals surface area contributed by atoms with Crippen molar-refractivity contribution in [1.29, 1.82) is 0 Å². The first-order valence-electron chi connectivity index (χ1n) is 7.13. The van der Waals surface area contributed by atoms with Gasteiger partial charge in [0.15, 0.2) is 0 Å². The number of anilines is 2. The second-order valence-corrected chi connectivity index (χ2v) is 5.11. The van der Waals surface area contributed by atoms with Gasteiger partial charge in [0, 0.05) is 31.6 Å². The number of aromatic nitrogens is 2. The van der Waals surface area contributed by atoms with Crippen LogP contribution in [0.4, 0.5) is 11.6 Å². The zero-order chi connectivity index (χ0) is 13.8. The maximum absolute atomic E-state index is 9.23. The van der Waals surface area contributed by atoms with Crippen LogP contribution in [-0.2, 0) is 0 Å². The first-order valence-corrected chi connectivity index (χ1v) is 7.13. The number of nitrogens with zero attached hydrogens (tertiary/aromatic N) is 3. The van der Waals surface area contributed by atoms with Crippen molar-refractivity contribution >= 4 is 11.6 Å². The normalized spacial score (nSPS) is 14.5. The minimum Gasteiger partial charge on any atom is -0.395 e. The molecule has 0 spiro atoms. The maximum atomic E-state index is 9.23. The lowest BCUT2D eigenvalue weighted by Gasteiger charge is -2.25. The molecule has 19 heavy (non-hydrogen) atoms. The highest BCUT2D eigenvalue weighted by Gasteiger charge is 2.28. The van der Waals surface area contributed by atoms with Crippen LogP contribution in [0.25, 0.3) is 0 Å². The van der Waals surface area contributed by atoms with Crippen molar-refractivity contribution in [2.45, 2.75) is 39.0 Å². The fourth-order valence-electron chi connectivity index (χ4n) is 2.31. The second-order valence-electron chi connectivity index (χ2n) is 5.11. The molecule has 1 aliphatic rings. The molecular formula is C14H24N4O. The molecule has 1 fully saturated rings. The summed E-state index contributed by atoms with van der Waals surface area (Å²) in [5.74, 6) is 3.36. The molecule has 5 heteroatoms. The van der Waals surface area contributed by atoms with Gasteiger partial charge in [0.25, 0.3) is 0 Å². The van der Waals surface area contributed by atoms with Crippen molar-refractivity contribution in [2.75, 3.05) is 37.0 Å². The van der Waals surface area contributed by atoms with E-state index in [4.69, 9.17) is 4.98 Å². The van der Waals surface area contributed by atoms with Gasteiger partial charge in [-0.05, 0) is 26.2 Å². The van der Waals surface area contributed by atoms with Crippen LogP contribution in [0.15, 0.2) is 0 Å². The number of hydrogen-bond acceptors (Lipinski definition) is 5. The van der Waals surface area contributed by atoms with Crippen molar-refractivity contribution in [3.8, 4) is 0 Å². The summed E-state index contributed by atoms with van der Waals surface area (Å²) in [5.41, 5.74) is 1.06. The Hall–Kier alpha value is -1.36. The van der Waals surface area contributed by atoms with Crippen molar-refractivity contribution in [2.24, 2.45) is 0 Å². The van der Waals surface area contributed by atoms with E-state index < -0.39 is 0 Å². The van der Waals surface area contributed by atoms with E-state index in [0.29, 0.717) is 12.5 Å². The van der Waals surface area contributed by atoms with Crippen LogP contribution in [0.2, 0.25) is 0 Å². The Bertz CT molecular complexity index is 426. The van der Waals surface area contributed by atoms with E-state index in [9.17, 15) is 5.11 Å². The van der Waals surface area contributed by atoms with E-state index in [-0.39, 0.29) is 6.61 Å². The number of rotatable bonds is 7. The summed E-state index contributed by atoms with van der Waals surface area (Å²) in [4.78, 5) is 11.5. The third-order valence-corrected chi connectivity index (χ3v) is 3.48. The topological polar surface area (TPSA) is 61.3 Å². The summed E-state index contributed by atoms with van der Waals surface area (Å²) < 4.78 is 0. The predicted molar refractivity (Wildman–Crippen MR) is 77.9 cm³/mol. The average molecular weight is 264 g/mol. The van der Waals surface area contributed by atoms with Crippen LogP contribution >= 0.6 is 0 Å². The summed E-state index contributed by atoms with van der Waals surface area (Å²) >= 11 is 0. The first kappa shape index (κ1) is 14.1. The highest BCUT2D eigenvalue weighted by Crippen LogP contribution is 2.40. The molecule has 5 nitrogen and oxygen atoms in total. The van der Waals surface area contributed by atoms with Crippen LogP contribution in [-0.4, -0.2) is 41.8 Å². The highest BCUT2D eigenvalue weighted by atomic mass is 16.3. The quantitative estimate of drug-likeness (QED) is 0.788. The van der Waals surface area contributed by atoms with Crippen LogP contribution in [0.1, 0.15) is 43.5 Å². The van der Waals surface area contributed by atoms with Gasteiger partial charge in [-0.25, -0.2) is 9.97 Å². The Labute approximate surface area is 115 Å². The molecule has 1 heterocycles. The van der Waals surface area contributed by atoms with Crippen molar-refractivity contribution < 1.29 is 5.11 Å². The van der Waals surface area contributed by atoms with Crippen LogP contribution in [0, 0.1) is 6.92 Å². The van der Waals surface area contributed by atoms with E-state index in [0.717, 1.165) is 36.0 Å². The van der Waals surface area contributed by atoms with E-state index in [1.165, 1.54) is 12.8 Å². The SMILES string of the molecule is CCCN(CCO)c1nc(C2CC2)nc(NC)c1C. The standard InChI is InChI=1S/C14H24N4O/c1-4-7-18(8-9-19)14-10(2)12(15-3)16-13(17-14)11-5-6-11/h11,19H,4-9H2,1-3H3,(H,15,16,17). The molecule has 0 unspecified atom stereocenters. The molecule has 1 aliphatic carbocycles. The summed E-state index contributed by atoms with van der Waals surface area (Å²) in [6.07, 6.45) is 3.43. The molecular weight excluding hydrogens is 240 g/mol. The van der Waals surface area contributed by atoms with Gasteiger partial charge in [0.1, 0.15) is 17.5 Å². The zero-order valence-electron chi connectivity index (χ0n) is 12.1. The molecule has 1 aromatic heterocycles. The van der Waals surface area contributed by atoms with Crippen LogP contribution in [0.5, 0.6) is 0 Å². The lowest BCUT2D eigenvalue weighted by Crippen LogP contribution is -2.29. The molecule has 0 radical (unpaired) electrons. The first-order chi connectivity index (χ1) is 9.21. The van der Waals surface area contributed by atoms with Gasteiger partial charge in [-0.15, -0.1) is 0 Å². The van der Waals surface area contributed by atoms with Gasteiger partial charge in [-0.1, -0.05) is 6.92 Å². The van der Waals surface area contributed by atoms with Gasteiger partial charge in [-0.3, -0.25) is 0 Å². The predicted octanol–water partition coefficient (Wildman–Crippen LogP) is 1.91. The molecule has 0 aromatic carbocycles. The minimum atomic E-state index is 0.150. The molecule has 0 saturated heterocycles. The van der Waals surface area contributed by atoms with Gasteiger partial charge in [-0.2, -0.15) is 0 Å². The summed E-state index contributed by atoms with van der Waals surface area (Å²) in [7, 11) is 1.89. The summed E-state index contributed by atoms with van der Waals surface area (Å²) in [6, 6.07) is 0.